The maximum Gasteiger partial charge on any atom is 0.0897 e. The lowest BCUT2D eigenvalue weighted by atomic mass is 10.1. The predicted molar refractivity (Wildman–Crippen MR) is 85.0 cm³/mol. The molecule has 0 heterocycles. The van der Waals surface area contributed by atoms with Gasteiger partial charge in [-0.3, -0.25) is 0 Å². The molecular weight excluding hydrogens is 250 g/mol. The molecule has 0 amide bonds. The number of aliphatic hydroxyl groups is 1. The van der Waals surface area contributed by atoms with Crippen molar-refractivity contribution in [3.8, 4) is 0 Å². The highest BCUT2D eigenvalue weighted by molar-refractivity contribution is 4.92. The smallest absolute Gasteiger partial charge is 0.0897 e. The van der Waals surface area contributed by atoms with Gasteiger partial charge in [-0.15, -0.1) is 0 Å². The monoisotopic (exact) mass is 285 g/mol. The van der Waals surface area contributed by atoms with E-state index in [2.05, 4.69) is 19.2 Å². The van der Waals surface area contributed by atoms with Crippen LogP contribution in [0.15, 0.2) is 0 Å². The Morgan fingerprint density at radius 2 is 1.85 bits per heavy atom. The van der Waals surface area contributed by atoms with E-state index in [-0.39, 0.29) is 6.10 Å². The standard InChI is InChI=1S/C17H35NO2/c1-3-5-6-7-8-9-11-20-14-16(19)13-18-17-12-15(17)10-4-2/h15-19H,3-14H2,1-2H3. The number of hydrogen-bond acceptors (Lipinski definition) is 3. The molecule has 0 spiro atoms. The quantitative estimate of drug-likeness (QED) is 0.480. The van der Waals surface area contributed by atoms with Crippen LogP contribution in [0.25, 0.3) is 0 Å². The maximum atomic E-state index is 9.83. The lowest BCUT2D eigenvalue weighted by molar-refractivity contribution is 0.0351. The summed E-state index contributed by atoms with van der Waals surface area (Å²) in [5, 5.41) is 13.3. The molecule has 3 heteroatoms. The summed E-state index contributed by atoms with van der Waals surface area (Å²) in [7, 11) is 0. The highest BCUT2D eigenvalue weighted by atomic mass is 16.5. The van der Waals surface area contributed by atoms with Crippen LogP contribution < -0.4 is 5.32 Å². The minimum atomic E-state index is -0.349. The Labute approximate surface area is 125 Å². The van der Waals surface area contributed by atoms with Crippen molar-refractivity contribution >= 4 is 0 Å². The first-order chi connectivity index (χ1) is 9.77. The number of ether oxygens (including phenoxy) is 1. The summed E-state index contributed by atoms with van der Waals surface area (Å²) in [6.07, 6.45) is 11.2. The molecule has 1 saturated carbocycles. The number of rotatable bonds is 14. The van der Waals surface area contributed by atoms with Gasteiger partial charge in [-0.05, 0) is 25.2 Å². The molecule has 1 aliphatic rings. The molecule has 1 fully saturated rings. The average Bonchev–Trinajstić information content (AvgIpc) is 3.18. The van der Waals surface area contributed by atoms with Crippen LogP contribution in [0.2, 0.25) is 0 Å². The summed E-state index contributed by atoms with van der Waals surface area (Å²) in [6, 6.07) is 0.656. The van der Waals surface area contributed by atoms with E-state index in [9.17, 15) is 5.11 Å². The Hall–Kier alpha value is -0.120. The molecule has 0 bridgehead atoms. The molecule has 0 aromatic rings. The van der Waals surface area contributed by atoms with E-state index in [1.165, 1.54) is 51.4 Å². The van der Waals surface area contributed by atoms with E-state index in [0.29, 0.717) is 19.2 Å². The summed E-state index contributed by atoms with van der Waals surface area (Å²) < 4.78 is 5.54. The topological polar surface area (TPSA) is 41.5 Å². The van der Waals surface area contributed by atoms with Gasteiger partial charge in [0.1, 0.15) is 0 Å². The average molecular weight is 285 g/mol. The van der Waals surface area contributed by atoms with Gasteiger partial charge in [-0.25, -0.2) is 0 Å². The summed E-state index contributed by atoms with van der Waals surface area (Å²) in [6.45, 7) is 6.44. The Balaban J connectivity index is 1.80. The molecule has 0 aromatic carbocycles. The van der Waals surface area contributed by atoms with Crippen LogP contribution in [0.1, 0.15) is 71.6 Å². The molecule has 3 unspecified atom stereocenters. The zero-order chi connectivity index (χ0) is 14.6. The summed E-state index contributed by atoms with van der Waals surface area (Å²) in [5.41, 5.74) is 0. The van der Waals surface area contributed by atoms with Crippen molar-refractivity contribution in [3.63, 3.8) is 0 Å². The van der Waals surface area contributed by atoms with E-state index in [0.717, 1.165) is 18.9 Å². The first kappa shape index (κ1) is 17.9. The molecule has 0 saturated heterocycles. The van der Waals surface area contributed by atoms with Crippen LogP contribution in [0.3, 0.4) is 0 Å². The minimum Gasteiger partial charge on any atom is -0.389 e. The lowest BCUT2D eigenvalue weighted by Gasteiger charge is -2.12. The fraction of sp³-hybridized carbons (Fsp3) is 1.00. The summed E-state index contributed by atoms with van der Waals surface area (Å²) in [4.78, 5) is 0. The van der Waals surface area contributed by atoms with Crippen molar-refractivity contribution in [2.45, 2.75) is 83.8 Å². The van der Waals surface area contributed by atoms with E-state index in [1.54, 1.807) is 0 Å². The number of unbranched alkanes of at least 4 members (excludes halogenated alkanes) is 5. The Morgan fingerprint density at radius 1 is 1.10 bits per heavy atom. The predicted octanol–water partition coefficient (Wildman–Crippen LogP) is 3.50. The molecule has 1 aliphatic carbocycles. The van der Waals surface area contributed by atoms with Crippen LogP contribution in [-0.2, 0) is 4.74 Å². The second-order valence-corrected chi connectivity index (χ2v) is 6.30. The molecule has 3 atom stereocenters. The molecule has 0 radical (unpaired) electrons. The number of hydrogen-bond donors (Lipinski definition) is 2. The molecule has 0 aromatic heterocycles. The molecule has 20 heavy (non-hydrogen) atoms. The van der Waals surface area contributed by atoms with Gasteiger partial charge >= 0.3 is 0 Å². The second kappa shape index (κ2) is 11.5. The first-order valence-electron chi connectivity index (χ1n) is 8.77. The van der Waals surface area contributed by atoms with Gasteiger partial charge in [0, 0.05) is 19.2 Å². The van der Waals surface area contributed by atoms with E-state index in [1.807, 2.05) is 0 Å². The lowest BCUT2D eigenvalue weighted by Crippen LogP contribution is -2.32. The molecule has 1 rings (SSSR count). The van der Waals surface area contributed by atoms with Crippen molar-refractivity contribution in [2.24, 2.45) is 5.92 Å². The highest BCUT2D eigenvalue weighted by Crippen LogP contribution is 2.34. The molecular formula is C17H35NO2. The van der Waals surface area contributed by atoms with Crippen molar-refractivity contribution in [1.29, 1.82) is 0 Å². The fourth-order valence-corrected chi connectivity index (χ4v) is 2.74. The summed E-state index contributed by atoms with van der Waals surface area (Å²) in [5.74, 6) is 0.858. The van der Waals surface area contributed by atoms with E-state index < -0.39 is 0 Å². The fourth-order valence-electron chi connectivity index (χ4n) is 2.74. The van der Waals surface area contributed by atoms with E-state index in [4.69, 9.17) is 4.74 Å². The molecule has 120 valence electrons. The zero-order valence-electron chi connectivity index (χ0n) is 13.6. The summed E-state index contributed by atoms with van der Waals surface area (Å²) >= 11 is 0. The van der Waals surface area contributed by atoms with Gasteiger partial charge < -0.3 is 15.2 Å². The SMILES string of the molecule is CCCCCCCCOCC(O)CNC1CC1CCC. The minimum absolute atomic E-state index is 0.349. The van der Waals surface area contributed by atoms with Crippen molar-refractivity contribution in [1.82, 2.24) is 5.32 Å². The molecule has 0 aliphatic heterocycles. The second-order valence-electron chi connectivity index (χ2n) is 6.30. The van der Waals surface area contributed by atoms with Gasteiger partial charge in [-0.1, -0.05) is 52.4 Å². The van der Waals surface area contributed by atoms with Crippen LogP contribution in [0.4, 0.5) is 0 Å². The normalized spacial score (nSPS) is 22.9. The molecule has 2 N–H and O–H groups in total. The Bertz CT molecular complexity index is 223. The third-order valence-corrected chi connectivity index (χ3v) is 4.15. The van der Waals surface area contributed by atoms with Crippen LogP contribution in [0, 0.1) is 5.92 Å². The van der Waals surface area contributed by atoms with Gasteiger partial charge in [0.05, 0.1) is 12.7 Å². The van der Waals surface area contributed by atoms with Crippen molar-refractivity contribution in [3.05, 3.63) is 0 Å². The van der Waals surface area contributed by atoms with Gasteiger partial charge in [0.2, 0.25) is 0 Å². The van der Waals surface area contributed by atoms with Crippen molar-refractivity contribution in [2.75, 3.05) is 19.8 Å². The van der Waals surface area contributed by atoms with Crippen LogP contribution >= 0.6 is 0 Å². The molecule has 3 nitrogen and oxygen atoms in total. The zero-order valence-corrected chi connectivity index (χ0v) is 13.6. The van der Waals surface area contributed by atoms with Crippen LogP contribution in [-0.4, -0.2) is 37.0 Å². The first-order valence-corrected chi connectivity index (χ1v) is 8.77. The number of nitrogens with one attached hydrogen (secondary N) is 1. The van der Waals surface area contributed by atoms with Crippen molar-refractivity contribution < 1.29 is 9.84 Å². The Kier molecular flexibility index (Phi) is 10.3. The highest BCUT2D eigenvalue weighted by Gasteiger charge is 2.35. The van der Waals surface area contributed by atoms with Crippen LogP contribution in [0.5, 0.6) is 0 Å². The van der Waals surface area contributed by atoms with Gasteiger partial charge in [0.25, 0.3) is 0 Å². The van der Waals surface area contributed by atoms with Gasteiger partial charge in [-0.2, -0.15) is 0 Å². The third-order valence-electron chi connectivity index (χ3n) is 4.15. The largest absolute Gasteiger partial charge is 0.389 e. The van der Waals surface area contributed by atoms with E-state index >= 15 is 0 Å². The van der Waals surface area contributed by atoms with Gasteiger partial charge in [0.15, 0.2) is 0 Å². The number of aliphatic hydroxyl groups excluding tert-OH is 1. The Morgan fingerprint density at radius 3 is 2.60 bits per heavy atom. The maximum absolute atomic E-state index is 9.83. The third kappa shape index (κ3) is 8.93.